The number of carbonyl (C=O) groups is 1. The number of aryl methyl sites for hydroxylation is 1. The van der Waals surface area contributed by atoms with Crippen LogP contribution in [0.3, 0.4) is 0 Å². The Labute approximate surface area is 148 Å². The molecule has 0 spiro atoms. The van der Waals surface area contributed by atoms with Gasteiger partial charge in [0.25, 0.3) is 0 Å². The number of thioether (sulfide) groups is 1. The van der Waals surface area contributed by atoms with E-state index < -0.39 is 0 Å². The van der Waals surface area contributed by atoms with E-state index in [1.807, 2.05) is 25.1 Å². The Hall–Kier alpha value is -1.82. The van der Waals surface area contributed by atoms with E-state index in [-0.39, 0.29) is 5.91 Å². The minimum atomic E-state index is 0.0587. The number of rotatable bonds is 10. The van der Waals surface area contributed by atoms with Crippen molar-refractivity contribution < 1.29 is 4.79 Å². The molecular formula is C18H26N4OS. The zero-order valence-corrected chi connectivity index (χ0v) is 15.3. The number of hydrogen-bond donors (Lipinski definition) is 1. The highest BCUT2D eigenvalue weighted by Crippen LogP contribution is 2.18. The number of benzene rings is 1. The zero-order valence-electron chi connectivity index (χ0n) is 14.5. The highest BCUT2D eigenvalue weighted by atomic mass is 32.2. The number of aromatic nitrogens is 3. The van der Waals surface area contributed by atoms with Crippen LogP contribution in [0.2, 0.25) is 0 Å². The summed E-state index contributed by atoms with van der Waals surface area (Å²) < 4.78 is 2.05. The summed E-state index contributed by atoms with van der Waals surface area (Å²) in [6.07, 6.45) is 4.66. The quantitative estimate of drug-likeness (QED) is 0.529. The largest absolute Gasteiger partial charge is 0.355 e. The smallest absolute Gasteiger partial charge is 0.230 e. The summed E-state index contributed by atoms with van der Waals surface area (Å²) in [6, 6.07) is 10.2. The molecule has 1 aromatic heterocycles. The third-order valence-corrected chi connectivity index (χ3v) is 4.74. The van der Waals surface area contributed by atoms with E-state index in [0.717, 1.165) is 30.5 Å². The monoisotopic (exact) mass is 346 g/mol. The molecule has 0 aliphatic heterocycles. The van der Waals surface area contributed by atoms with Crippen molar-refractivity contribution in [2.45, 2.75) is 51.2 Å². The minimum absolute atomic E-state index is 0.0587. The van der Waals surface area contributed by atoms with Gasteiger partial charge >= 0.3 is 0 Å². The summed E-state index contributed by atoms with van der Waals surface area (Å²) in [5, 5.41) is 12.1. The molecular weight excluding hydrogens is 320 g/mol. The summed E-state index contributed by atoms with van der Waals surface area (Å²) in [5.74, 6) is 1.30. The van der Waals surface area contributed by atoms with E-state index in [9.17, 15) is 4.79 Å². The van der Waals surface area contributed by atoms with Gasteiger partial charge < -0.3 is 9.88 Å². The lowest BCUT2D eigenvalue weighted by Gasteiger charge is -2.09. The second-order valence-corrected chi connectivity index (χ2v) is 6.74. The molecule has 5 nitrogen and oxygen atoms in total. The highest BCUT2D eigenvalue weighted by Gasteiger charge is 2.12. The summed E-state index contributed by atoms with van der Waals surface area (Å²) >= 11 is 1.44. The summed E-state index contributed by atoms with van der Waals surface area (Å²) in [7, 11) is 0. The van der Waals surface area contributed by atoms with Crippen LogP contribution in [0.5, 0.6) is 0 Å². The lowest BCUT2D eigenvalue weighted by molar-refractivity contribution is -0.118. The van der Waals surface area contributed by atoms with Crippen LogP contribution in [-0.2, 0) is 11.3 Å². The number of unbranched alkanes of at least 4 members (excludes halogenated alkanes) is 3. The Kier molecular flexibility index (Phi) is 7.82. The second kappa shape index (κ2) is 10.1. The van der Waals surface area contributed by atoms with Crippen molar-refractivity contribution in [2.75, 3.05) is 12.3 Å². The van der Waals surface area contributed by atoms with Crippen LogP contribution in [0.15, 0.2) is 35.5 Å². The molecule has 24 heavy (non-hydrogen) atoms. The lowest BCUT2D eigenvalue weighted by Crippen LogP contribution is -2.26. The van der Waals surface area contributed by atoms with Crippen molar-refractivity contribution in [1.29, 1.82) is 0 Å². The van der Waals surface area contributed by atoms with E-state index in [2.05, 4.69) is 39.1 Å². The van der Waals surface area contributed by atoms with E-state index in [1.165, 1.54) is 36.6 Å². The third kappa shape index (κ3) is 6.00. The molecule has 0 fully saturated rings. The van der Waals surface area contributed by atoms with Crippen LogP contribution < -0.4 is 5.32 Å². The molecule has 130 valence electrons. The van der Waals surface area contributed by atoms with Gasteiger partial charge in [0.1, 0.15) is 5.82 Å². The maximum atomic E-state index is 11.9. The van der Waals surface area contributed by atoms with Crippen LogP contribution in [-0.4, -0.2) is 33.0 Å². The van der Waals surface area contributed by atoms with Gasteiger partial charge in [-0.25, -0.2) is 0 Å². The topological polar surface area (TPSA) is 59.8 Å². The number of carbonyl (C=O) groups excluding carboxylic acids is 1. The zero-order chi connectivity index (χ0) is 17.2. The summed E-state index contributed by atoms with van der Waals surface area (Å²) in [4.78, 5) is 11.9. The van der Waals surface area contributed by atoms with Gasteiger partial charge in [0.15, 0.2) is 5.16 Å². The minimum Gasteiger partial charge on any atom is -0.355 e. The molecule has 1 aromatic carbocycles. The van der Waals surface area contributed by atoms with E-state index >= 15 is 0 Å². The molecule has 2 aromatic rings. The molecule has 0 bridgehead atoms. The maximum absolute atomic E-state index is 11.9. The summed E-state index contributed by atoms with van der Waals surface area (Å²) in [5.41, 5.74) is 1.20. The predicted molar refractivity (Wildman–Crippen MR) is 98.2 cm³/mol. The molecule has 0 unspecified atom stereocenters. The van der Waals surface area contributed by atoms with Crippen molar-refractivity contribution in [2.24, 2.45) is 0 Å². The van der Waals surface area contributed by atoms with Crippen molar-refractivity contribution in [3.05, 3.63) is 41.7 Å². The number of amides is 1. The molecule has 2 rings (SSSR count). The molecule has 1 heterocycles. The van der Waals surface area contributed by atoms with Gasteiger partial charge in [-0.05, 0) is 18.9 Å². The first-order valence-electron chi connectivity index (χ1n) is 8.54. The van der Waals surface area contributed by atoms with Crippen molar-refractivity contribution in [3.63, 3.8) is 0 Å². The molecule has 0 aliphatic rings. The molecule has 0 saturated carbocycles. The number of hydrogen-bond acceptors (Lipinski definition) is 4. The molecule has 0 atom stereocenters. The first kappa shape index (κ1) is 18.5. The number of nitrogens with zero attached hydrogens (tertiary/aromatic N) is 3. The molecule has 0 aliphatic carbocycles. The average Bonchev–Trinajstić information content (AvgIpc) is 2.94. The molecule has 6 heteroatoms. The van der Waals surface area contributed by atoms with Crippen LogP contribution in [0.25, 0.3) is 0 Å². The van der Waals surface area contributed by atoms with Gasteiger partial charge in [-0.3, -0.25) is 4.79 Å². The van der Waals surface area contributed by atoms with Crippen LogP contribution in [0.4, 0.5) is 0 Å². The van der Waals surface area contributed by atoms with Crippen LogP contribution in [0, 0.1) is 6.92 Å². The molecule has 0 saturated heterocycles. The van der Waals surface area contributed by atoms with Crippen molar-refractivity contribution in [3.8, 4) is 0 Å². The van der Waals surface area contributed by atoms with E-state index in [4.69, 9.17) is 0 Å². The van der Waals surface area contributed by atoms with Gasteiger partial charge in [-0.2, -0.15) is 0 Å². The maximum Gasteiger partial charge on any atom is 0.230 e. The normalized spacial score (nSPS) is 10.8. The fourth-order valence-corrected chi connectivity index (χ4v) is 3.19. The lowest BCUT2D eigenvalue weighted by atomic mass is 10.2. The molecule has 0 radical (unpaired) electrons. The van der Waals surface area contributed by atoms with E-state index in [0.29, 0.717) is 5.75 Å². The van der Waals surface area contributed by atoms with E-state index in [1.54, 1.807) is 0 Å². The Morgan fingerprint density at radius 2 is 1.96 bits per heavy atom. The van der Waals surface area contributed by atoms with Gasteiger partial charge in [0.05, 0.1) is 12.3 Å². The highest BCUT2D eigenvalue weighted by molar-refractivity contribution is 7.99. The molecule has 1 amide bonds. The van der Waals surface area contributed by atoms with Crippen molar-refractivity contribution in [1.82, 2.24) is 20.1 Å². The van der Waals surface area contributed by atoms with Crippen LogP contribution >= 0.6 is 11.8 Å². The Bertz CT molecular complexity index is 627. The standard InChI is InChI=1S/C18H26N4OS/c1-3-4-5-9-12-19-17(23)14-24-18-21-20-15(2)22(18)13-16-10-7-6-8-11-16/h6-8,10-11H,3-5,9,12-14H2,1-2H3,(H,19,23). The predicted octanol–water partition coefficient (Wildman–Crippen LogP) is 3.42. The Morgan fingerprint density at radius 1 is 1.17 bits per heavy atom. The first-order valence-corrected chi connectivity index (χ1v) is 9.52. The van der Waals surface area contributed by atoms with Gasteiger partial charge in [-0.15, -0.1) is 10.2 Å². The van der Waals surface area contributed by atoms with Gasteiger partial charge in [-0.1, -0.05) is 68.3 Å². The SMILES string of the molecule is CCCCCCNC(=O)CSc1nnc(C)n1Cc1ccccc1. The fourth-order valence-electron chi connectivity index (χ4n) is 2.38. The third-order valence-electron chi connectivity index (χ3n) is 3.77. The molecule has 1 N–H and O–H groups in total. The van der Waals surface area contributed by atoms with Crippen LogP contribution in [0.1, 0.15) is 44.0 Å². The number of nitrogens with one attached hydrogen (secondary N) is 1. The van der Waals surface area contributed by atoms with Gasteiger partial charge in [0.2, 0.25) is 5.91 Å². The first-order chi connectivity index (χ1) is 11.7. The van der Waals surface area contributed by atoms with Crippen molar-refractivity contribution >= 4 is 17.7 Å². The fraction of sp³-hybridized carbons (Fsp3) is 0.500. The Balaban J connectivity index is 1.81. The Morgan fingerprint density at radius 3 is 2.71 bits per heavy atom. The second-order valence-electron chi connectivity index (χ2n) is 5.80. The van der Waals surface area contributed by atoms with Gasteiger partial charge in [0, 0.05) is 6.54 Å². The summed E-state index contributed by atoms with van der Waals surface area (Å²) in [6.45, 7) is 5.60. The average molecular weight is 347 g/mol.